The van der Waals surface area contributed by atoms with Crippen molar-refractivity contribution in [1.29, 1.82) is 0 Å². The Morgan fingerprint density at radius 1 is 0.559 bits per heavy atom. The highest BCUT2D eigenvalue weighted by Gasteiger charge is 2.36. The fourth-order valence-electron chi connectivity index (χ4n) is 9.36. The highest BCUT2D eigenvalue weighted by atomic mass is 15.2. The van der Waals surface area contributed by atoms with Gasteiger partial charge in [-0.1, -0.05) is 172 Å². The molecule has 0 saturated heterocycles. The van der Waals surface area contributed by atoms with Crippen LogP contribution < -0.4 is 9.80 Å². The van der Waals surface area contributed by atoms with Gasteiger partial charge in [0.15, 0.2) is 0 Å². The molecule has 0 radical (unpaired) electrons. The van der Waals surface area contributed by atoms with Gasteiger partial charge in [-0.25, -0.2) is 0 Å². The molecule has 0 spiro atoms. The minimum Gasteiger partial charge on any atom is -0.314 e. The van der Waals surface area contributed by atoms with Crippen LogP contribution in [-0.4, -0.2) is 0 Å². The number of anilines is 5. The summed E-state index contributed by atoms with van der Waals surface area (Å²) in [6.07, 6.45) is 16.7. The molecule has 7 aromatic rings. The van der Waals surface area contributed by atoms with E-state index in [0.717, 1.165) is 24.9 Å². The largest absolute Gasteiger partial charge is 0.314 e. The molecule has 0 N–H and O–H groups in total. The van der Waals surface area contributed by atoms with Gasteiger partial charge in [0.2, 0.25) is 0 Å². The lowest BCUT2D eigenvalue weighted by atomic mass is 9.81. The van der Waals surface area contributed by atoms with Crippen LogP contribution in [0.3, 0.4) is 0 Å². The van der Waals surface area contributed by atoms with Crippen LogP contribution in [0.1, 0.15) is 73.4 Å². The Kier molecular flexibility index (Phi) is 9.34. The lowest BCUT2D eigenvalue weighted by Crippen LogP contribution is -2.21. The summed E-state index contributed by atoms with van der Waals surface area (Å²) in [6, 6.07) is 60.1. The third kappa shape index (κ3) is 6.65. The second-order valence-corrected chi connectivity index (χ2v) is 16.4. The van der Waals surface area contributed by atoms with Crippen molar-refractivity contribution in [3.05, 3.63) is 221 Å². The quantitative estimate of drug-likeness (QED) is 0.142. The average molecular weight is 761 g/mol. The van der Waals surface area contributed by atoms with Crippen LogP contribution in [0.4, 0.5) is 28.4 Å². The van der Waals surface area contributed by atoms with E-state index in [9.17, 15) is 0 Å². The summed E-state index contributed by atoms with van der Waals surface area (Å²) in [6.45, 7) is 7.04. The summed E-state index contributed by atoms with van der Waals surface area (Å²) in [4.78, 5) is 4.89. The number of hydrogen-bond donors (Lipinski definition) is 0. The zero-order valence-corrected chi connectivity index (χ0v) is 34.1. The van der Waals surface area contributed by atoms with Crippen LogP contribution in [0.25, 0.3) is 46.6 Å². The SMILES string of the molecule is CCC1=C(N(c2ccccc2)c2ccc3c(c2)C(C)(C)c2cc(/C=C/c4ccc(-c5cccc(N6c7ccccc7C=Cc7ccccc76)c5)cc4)ccc2-3)CCC=C1. The maximum atomic E-state index is 2.50. The molecule has 59 heavy (non-hydrogen) atoms. The minimum atomic E-state index is -0.133. The topological polar surface area (TPSA) is 6.48 Å². The van der Waals surface area contributed by atoms with Crippen LogP contribution in [-0.2, 0) is 5.41 Å². The van der Waals surface area contributed by atoms with Crippen molar-refractivity contribution >= 4 is 52.7 Å². The molecule has 0 amide bonds. The van der Waals surface area contributed by atoms with Gasteiger partial charge in [0.25, 0.3) is 0 Å². The van der Waals surface area contributed by atoms with E-state index < -0.39 is 0 Å². The van der Waals surface area contributed by atoms with Gasteiger partial charge in [-0.3, -0.25) is 0 Å². The number of fused-ring (bicyclic) bond motifs is 5. The van der Waals surface area contributed by atoms with Crippen molar-refractivity contribution in [2.45, 2.75) is 45.4 Å². The summed E-state index contributed by atoms with van der Waals surface area (Å²) in [5, 5.41) is 0. The molecule has 0 bridgehead atoms. The van der Waals surface area contributed by atoms with E-state index in [1.54, 1.807) is 0 Å². The Labute approximate surface area is 349 Å². The lowest BCUT2D eigenvalue weighted by molar-refractivity contribution is 0.660. The zero-order valence-electron chi connectivity index (χ0n) is 34.1. The second kappa shape index (κ2) is 15.1. The Morgan fingerprint density at radius 3 is 1.93 bits per heavy atom. The molecule has 2 heteroatoms. The molecule has 0 aromatic heterocycles. The fraction of sp³-hybridized carbons (Fsp3) is 0.123. The van der Waals surface area contributed by atoms with Crippen LogP contribution in [0.2, 0.25) is 0 Å². The first-order chi connectivity index (χ1) is 29.0. The van der Waals surface area contributed by atoms with Crippen molar-refractivity contribution in [1.82, 2.24) is 0 Å². The second-order valence-electron chi connectivity index (χ2n) is 16.4. The number of hydrogen-bond acceptors (Lipinski definition) is 2. The molecular formula is C57H48N2. The average Bonchev–Trinajstić information content (AvgIpc) is 3.39. The van der Waals surface area contributed by atoms with Crippen LogP contribution in [0.15, 0.2) is 187 Å². The molecule has 3 aliphatic rings. The van der Waals surface area contributed by atoms with Gasteiger partial charge in [0.05, 0.1) is 11.4 Å². The summed E-state index contributed by atoms with van der Waals surface area (Å²) >= 11 is 0. The Balaban J connectivity index is 0.912. The van der Waals surface area contributed by atoms with Crippen molar-refractivity contribution < 1.29 is 0 Å². The van der Waals surface area contributed by atoms with E-state index in [0.29, 0.717) is 0 Å². The number of para-hydroxylation sites is 3. The minimum absolute atomic E-state index is 0.133. The standard InChI is InChI=1S/C57H48N2/c1-4-42-15-8-11-22-54(42)58(47-19-6-5-7-20-47)49-34-36-51-50-35-29-41(37-52(50)57(2,3)53(51)39-49)26-25-40-27-30-43(31-28-40)46-18-14-21-48(38-46)59-55-23-12-9-16-44(55)32-33-45-17-10-13-24-56(45)59/h5-10,12-21,23-39H,4,11,22H2,1-3H3/b26-25+. The molecule has 7 aromatic carbocycles. The van der Waals surface area contributed by atoms with Crippen molar-refractivity contribution in [2.24, 2.45) is 0 Å². The van der Waals surface area contributed by atoms with Gasteiger partial charge in [0, 0.05) is 28.2 Å². The monoisotopic (exact) mass is 760 g/mol. The first-order valence-corrected chi connectivity index (χ1v) is 21.0. The number of allylic oxidation sites excluding steroid dienone is 4. The van der Waals surface area contributed by atoms with E-state index in [-0.39, 0.29) is 5.41 Å². The number of rotatable bonds is 8. The summed E-state index contributed by atoms with van der Waals surface area (Å²) in [7, 11) is 0. The summed E-state index contributed by atoms with van der Waals surface area (Å²) in [5.74, 6) is 0. The molecule has 2 aliphatic carbocycles. The molecule has 1 heterocycles. The van der Waals surface area contributed by atoms with E-state index in [1.807, 2.05) is 0 Å². The number of nitrogens with zero attached hydrogens (tertiary/aromatic N) is 2. The van der Waals surface area contributed by atoms with Crippen LogP contribution >= 0.6 is 0 Å². The van der Waals surface area contributed by atoms with E-state index >= 15 is 0 Å². The Morgan fingerprint density at radius 2 is 1.20 bits per heavy atom. The fourth-order valence-corrected chi connectivity index (χ4v) is 9.36. The van der Waals surface area contributed by atoms with Gasteiger partial charge in [0.1, 0.15) is 0 Å². The maximum absolute atomic E-state index is 2.50. The normalized spacial score (nSPS) is 14.8. The Bertz CT molecular complexity index is 2780. The van der Waals surface area contributed by atoms with E-state index in [1.165, 1.54) is 89.7 Å². The third-order valence-electron chi connectivity index (χ3n) is 12.5. The third-order valence-corrected chi connectivity index (χ3v) is 12.5. The van der Waals surface area contributed by atoms with Gasteiger partial charge in [-0.2, -0.15) is 0 Å². The smallest absolute Gasteiger partial charge is 0.0534 e. The molecule has 0 atom stereocenters. The molecule has 0 unspecified atom stereocenters. The summed E-state index contributed by atoms with van der Waals surface area (Å²) in [5.41, 5.74) is 21.3. The van der Waals surface area contributed by atoms with Gasteiger partial charge in [-0.15, -0.1) is 0 Å². The van der Waals surface area contributed by atoms with Gasteiger partial charge < -0.3 is 9.80 Å². The van der Waals surface area contributed by atoms with E-state index in [2.05, 4.69) is 231 Å². The van der Waals surface area contributed by atoms with Crippen molar-refractivity contribution in [2.75, 3.05) is 9.80 Å². The molecule has 0 fully saturated rings. The van der Waals surface area contributed by atoms with Gasteiger partial charge >= 0.3 is 0 Å². The zero-order chi connectivity index (χ0) is 39.9. The summed E-state index contributed by atoms with van der Waals surface area (Å²) < 4.78 is 0. The predicted molar refractivity (Wildman–Crippen MR) is 253 cm³/mol. The molecule has 1 aliphatic heterocycles. The highest BCUT2D eigenvalue weighted by molar-refractivity contribution is 5.94. The molecule has 0 saturated carbocycles. The molecular weight excluding hydrogens is 713 g/mol. The number of benzene rings is 7. The highest BCUT2D eigenvalue weighted by Crippen LogP contribution is 2.51. The molecule has 2 nitrogen and oxygen atoms in total. The van der Waals surface area contributed by atoms with Gasteiger partial charge in [-0.05, 0) is 129 Å². The lowest BCUT2D eigenvalue weighted by Gasteiger charge is -2.32. The predicted octanol–water partition coefficient (Wildman–Crippen LogP) is 15.9. The molecule has 286 valence electrons. The van der Waals surface area contributed by atoms with Crippen molar-refractivity contribution in [3.63, 3.8) is 0 Å². The maximum Gasteiger partial charge on any atom is 0.0534 e. The van der Waals surface area contributed by atoms with E-state index in [4.69, 9.17) is 0 Å². The molecule has 10 rings (SSSR count). The first kappa shape index (κ1) is 36.4. The van der Waals surface area contributed by atoms with Crippen LogP contribution in [0, 0.1) is 0 Å². The van der Waals surface area contributed by atoms with Crippen LogP contribution in [0.5, 0.6) is 0 Å². The first-order valence-electron chi connectivity index (χ1n) is 21.0. The van der Waals surface area contributed by atoms with Crippen molar-refractivity contribution in [3.8, 4) is 22.3 Å². The Hall–Kier alpha value is -6.90.